The number of aromatic carboxylic acids is 1. The Labute approximate surface area is 146 Å². The summed E-state index contributed by atoms with van der Waals surface area (Å²) in [6.45, 7) is 3.30. The fourth-order valence-electron chi connectivity index (χ4n) is 3.14. The fourth-order valence-corrected chi connectivity index (χ4v) is 3.14. The molecule has 0 aliphatic rings. The van der Waals surface area contributed by atoms with Gasteiger partial charge in [-0.25, -0.2) is 18.0 Å². The second kappa shape index (κ2) is 6.33. The average molecular weight is 361 g/mol. The zero-order chi connectivity index (χ0) is 19.2. The van der Waals surface area contributed by atoms with Gasteiger partial charge in [-0.15, -0.1) is 0 Å². The van der Waals surface area contributed by atoms with Gasteiger partial charge in [-0.3, -0.25) is 4.79 Å². The molecule has 0 saturated heterocycles. The number of aryl methyl sites for hydroxylation is 1. The van der Waals surface area contributed by atoms with E-state index in [0.29, 0.717) is 23.6 Å². The third-order valence-corrected chi connectivity index (χ3v) is 4.36. The standard InChI is InChI=1S/C19H14F3NO3/c1-3-11-9(2)17-12(7-14(11)21)18(24)13(19(25)26)8-23(17)16-5-4-10(20)6-15(16)22/h4-8H,3H2,1-2H3,(H,25,26). The van der Waals surface area contributed by atoms with Gasteiger partial charge in [0.15, 0.2) is 0 Å². The molecular formula is C19H14F3NO3. The summed E-state index contributed by atoms with van der Waals surface area (Å²) in [6.07, 6.45) is 1.31. The van der Waals surface area contributed by atoms with E-state index < -0.39 is 34.4 Å². The molecule has 0 atom stereocenters. The van der Waals surface area contributed by atoms with E-state index in [1.54, 1.807) is 13.8 Å². The zero-order valence-electron chi connectivity index (χ0n) is 13.9. The SMILES string of the molecule is CCc1c(F)cc2c(=O)c(C(=O)O)cn(-c3ccc(F)cc3F)c2c1C. The van der Waals surface area contributed by atoms with Crippen LogP contribution < -0.4 is 5.43 Å². The van der Waals surface area contributed by atoms with Crippen LogP contribution in [0.25, 0.3) is 16.6 Å². The van der Waals surface area contributed by atoms with Gasteiger partial charge in [-0.2, -0.15) is 0 Å². The summed E-state index contributed by atoms with van der Waals surface area (Å²) in [5.74, 6) is -3.89. The van der Waals surface area contributed by atoms with Gasteiger partial charge < -0.3 is 9.67 Å². The number of fused-ring (bicyclic) bond motifs is 1. The molecule has 0 amide bonds. The van der Waals surface area contributed by atoms with E-state index in [2.05, 4.69) is 0 Å². The minimum absolute atomic E-state index is 0.143. The van der Waals surface area contributed by atoms with E-state index in [9.17, 15) is 27.9 Å². The topological polar surface area (TPSA) is 59.3 Å². The Bertz CT molecular complexity index is 1120. The predicted molar refractivity (Wildman–Crippen MR) is 90.5 cm³/mol. The number of carboxylic acids is 1. The van der Waals surface area contributed by atoms with Gasteiger partial charge in [0.25, 0.3) is 0 Å². The second-order valence-electron chi connectivity index (χ2n) is 5.85. The number of rotatable bonds is 3. The third-order valence-electron chi connectivity index (χ3n) is 4.36. The lowest BCUT2D eigenvalue weighted by Gasteiger charge is -2.17. The van der Waals surface area contributed by atoms with Crippen molar-refractivity contribution in [3.8, 4) is 5.69 Å². The first-order valence-electron chi connectivity index (χ1n) is 7.82. The van der Waals surface area contributed by atoms with Gasteiger partial charge in [0, 0.05) is 12.3 Å². The number of aromatic nitrogens is 1. The molecule has 0 saturated carbocycles. The fraction of sp³-hybridized carbons (Fsp3) is 0.158. The summed E-state index contributed by atoms with van der Waals surface area (Å²) in [4.78, 5) is 23.9. The maximum Gasteiger partial charge on any atom is 0.341 e. The van der Waals surface area contributed by atoms with E-state index in [4.69, 9.17) is 0 Å². The Morgan fingerprint density at radius 1 is 1.15 bits per heavy atom. The van der Waals surface area contributed by atoms with Crippen molar-refractivity contribution in [2.75, 3.05) is 0 Å². The maximum atomic E-state index is 14.3. The minimum Gasteiger partial charge on any atom is -0.477 e. The highest BCUT2D eigenvalue weighted by atomic mass is 19.1. The van der Waals surface area contributed by atoms with Crippen molar-refractivity contribution in [2.45, 2.75) is 20.3 Å². The van der Waals surface area contributed by atoms with Crippen molar-refractivity contribution in [3.63, 3.8) is 0 Å². The van der Waals surface area contributed by atoms with Crippen molar-refractivity contribution < 1.29 is 23.1 Å². The quantitative estimate of drug-likeness (QED) is 0.768. The first-order chi connectivity index (χ1) is 12.3. The zero-order valence-corrected chi connectivity index (χ0v) is 13.9. The Balaban J connectivity index is 2.57. The lowest BCUT2D eigenvalue weighted by Crippen LogP contribution is -2.20. The lowest BCUT2D eigenvalue weighted by molar-refractivity contribution is 0.0695. The molecule has 7 heteroatoms. The molecular weight excluding hydrogens is 347 g/mol. The van der Waals surface area contributed by atoms with Gasteiger partial charge in [0.05, 0.1) is 16.6 Å². The summed E-state index contributed by atoms with van der Waals surface area (Å²) >= 11 is 0. The van der Waals surface area contributed by atoms with Gasteiger partial charge in [0.1, 0.15) is 23.0 Å². The normalized spacial score (nSPS) is 11.1. The molecule has 1 aromatic heterocycles. The van der Waals surface area contributed by atoms with Crippen molar-refractivity contribution >= 4 is 16.9 Å². The van der Waals surface area contributed by atoms with Crippen molar-refractivity contribution in [3.05, 3.63) is 74.8 Å². The average Bonchev–Trinajstić information content (AvgIpc) is 2.56. The predicted octanol–water partition coefficient (Wildman–Crippen LogP) is 3.98. The van der Waals surface area contributed by atoms with Gasteiger partial charge in [-0.1, -0.05) is 6.92 Å². The highest BCUT2D eigenvalue weighted by molar-refractivity contribution is 5.94. The molecule has 0 unspecified atom stereocenters. The van der Waals surface area contributed by atoms with Crippen LogP contribution in [0.3, 0.4) is 0 Å². The van der Waals surface area contributed by atoms with Crippen molar-refractivity contribution in [1.82, 2.24) is 4.57 Å². The van der Waals surface area contributed by atoms with Crippen LogP contribution in [0.2, 0.25) is 0 Å². The van der Waals surface area contributed by atoms with E-state index in [1.165, 1.54) is 0 Å². The molecule has 0 fully saturated rings. The van der Waals surface area contributed by atoms with E-state index in [0.717, 1.165) is 29.0 Å². The number of hydrogen-bond donors (Lipinski definition) is 1. The molecule has 3 aromatic rings. The van der Waals surface area contributed by atoms with Crippen LogP contribution in [0.1, 0.15) is 28.4 Å². The number of carbonyl (C=O) groups is 1. The molecule has 26 heavy (non-hydrogen) atoms. The summed E-state index contributed by atoms with van der Waals surface area (Å²) in [5.41, 5.74) is -0.740. The van der Waals surface area contributed by atoms with Crippen LogP contribution in [0.5, 0.6) is 0 Å². The Kier molecular flexibility index (Phi) is 4.31. The molecule has 4 nitrogen and oxygen atoms in total. The number of carboxylic acid groups (broad SMARTS) is 1. The summed E-state index contributed by atoms with van der Waals surface area (Å²) in [7, 11) is 0. The van der Waals surface area contributed by atoms with Crippen LogP contribution in [0, 0.1) is 24.4 Å². The molecule has 0 bridgehead atoms. The monoisotopic (exact) mass is 361 g/mol. The molecule has 0 radical (unpaired) electrons. The van der Waals surface area contributed by atoms with Gasteiger partial charge >= 0.3 is 5.97 Å². The number of halogens is 3. The van der Waals surface area contributed by atoms with Crippen molar-refractivity contribution in [1.29, 1.82) is 0 Å². The first-order valence-corrected chi connectivity index (χ1v) is 7.82. The van der Waals surface area contributed by atoms with E-state index in [-0.39, 0.29) is 16.6 Å². The number of pyridine rings is 1. The highest BCUT2D eigenvalue weighted by Gasteiger charge is 2.21. The van der Waals surface area contributed by atoms with Gasteiger partial charge in [0.2, 0.25) is 5.43 Å². The summed E-state index contributed by atoms with van der Waals surface area (Å²) in [5, 5.41) is 9.11. The number of hydrogen-bond acceptors (Lipinski definition) is 2. The molecule has 1 heterocycles. The smallest absolute Gasteiger partial charge is 0.341 e. The molecule has 3 rings (SSSR count). The molecule has 0 aliphatic heterocycles. The third kappa shape index (κ3) is 2.65. The summed E-state index contributed by atoms with van der Waals surface area (Å²) < 4.78 is 43.1. The van der Waals surface area contributed by atoms with Gasteiger partial charge in [-0.05, 0) is 42.7 Å². The second-order valence-corrected chi connectivity index (χ2v) is 5.85. The number of benzene rings is 2. The summed E-state index contributed by atoms with van der Waals surface area (Å²) in [6, 6.07) is 3.77. The largest absolute Gasteiger partial charge is 0.477 e. The minimum atomic E-state index is -1.52. The Morgan fingerprint density at radius 2 is 1.85 bits per heavy atom. The first kappa shape index (κ1) is 17.7. The van der Waals surface area contributed by atoms with Crippen LogP contribution in [0.15, 0.2) is 35.3 Å². The molecule has 1 N–H and O–H groups in total. The van der Waals surface area contributed by atoms with Crippen molar-refractivity contribution in [2.24, 2.45) is 0 Å². The molecule has 0 spiro atoms. The van der Waals surface area contributed by atoms with Crippen LogP contribution in [-0.4, -0.2) is 15.6 Å². The van der Waals surface area contributed by atoms with Crippen LogP contribution in [-0.2, 0) is 6.42 Å². The number of nitrogens with zero attached hydrogens (tertiary/aromatic N) is 1. The molecule has 134 valence electrons. The Hall–Kier alpha value is -3.09. The van der Waals surface area contributed by atoms with E-state index >= 15 is 0 Å². The highest BCUT2D eigenvalue weighted by Crippen LogP contribution is 2.27. The maximum absolute atomic E-state index is 14.3. The van der Waals surface area contributed by atoms with Crippen LogP contribution in [0.4, 0.5) is 13.2 Å². The Morgan fingerprint density at radius 3 is 2.42 bits per heavy atom. The van der Waals surface area contributed by atoms with Crippen LogP contribution >= 0.6 is 0 Å². The molecule has 0 aliphatic carbocycles. The van der Waals surface area contributed by atoms with E-state index in [1.807, 2.05) is 0 Å². The molecule has 2 aromatic carbocycles. The lowest BCUT2D eigenvalue weighted by atomic mass is 9.99.